The number of hydrogen-bond donors (Lipinski definition) is 0. The van der Waals surface area contributed by atoms with Crippen molar-refractivity contribution in [3.63, 3.8) is 0 Å². The second kappa shape index (κ2) is 8.91. The highest BCUT2D eigenvalue weighted by Crippen LogP contribution is 2.45. The van der Waals surface area contributed by atoms with E-state index in [1.165, 1.54) is 51.7 Å². The predicted molar refractivity (Wildman–Crippen MR) is 123 cm³/mol. The largest absolute Gasteiger partial charge is 0.493 e. The van der Waals surface area contributed by atoms with E-state index in [-0.39, 0.29) is 44.6 Å². The topological polar surface area (TPSA) is 127 Å². The smallest absolute Gasteiger partial charge is 0.350 e. The maximum Gasteiger partial charge on any atom is 0.350 e. The number of nitro groups is 1. The summed E-state index contributed by atoms with van der Waals surface area (Å²) >= 11 is 5.79. The Bertz CT molecular complexity index is 1530. The first-order valence-corrected chi connectivity index (χ1v) is 10.0. The van der Waals surface area contributed by atoms with Crippen molar-refractivity contribution in [2.75, 3.05) is 21.3 Å². The molecule has 4 rings (SSSR count). The lowest BCUT2D eigenvalue weighted by atomic mass is 10.0. The molecule has 1 heterocycles. The third-order valence-electron chi connectivity index (χ3n) is 5.06. The van der Waals surface area contributed by atoms with Crippen LogP contribution in [0.2, 0.25) is 5.02 Å². The first-order valence-electron chi connectivity index (χ1n) is 9.64. The highest BCUT2D eigenvalue weighted by molar-refractivity contribution is 6.31. The zero-order chi connectivity index (χ0) is 24.6. The molecule has 0 aliphatic rings. The van der Waals surface area contributed by atoms with Gasteiger partial charge in [-0.15, -0.1) is 0 Å². The van der Waals surface area contributed by atoms with Gasteiger partial charge in [-0.2, -0.15) is 0 Å². The Balaban J connectivity index is 1.84. The molecule has 0 spiro atoms. The van der Waals surface area contributed by atoms with Crippen molar-refractivity contribution in [2.24, 2.45) is 0 Å². The Morgan fingerprint density at radius 1 is 0.971 bits per heavy atom. The Morgan fingerprint density at radius 3 is 2.35 bits per heavy atom. The van der Waals surface area contributed by atoms with Crippen molar-refractivity contribution in [2.45, 2.75) is 0 Å². The zero-order valence-corrected chi connectivity index (χ0v) is 18.8. The summed E-state index contributed by atoms with van der Waals surface area (Å²) in [6.07, 6.45) is 0. The summed E-state index contributed by atoms with van der Waals surface area (Å²) in [6.45, 7) is 0. The minimum absolute atomic E-state index is 0.00342. The molecular weight excluding hydrogens is 470 g/mol. The Kier molecular flexibility index (Phi) is 5.99. The van der Waals surface area contributed by atoms with Crippen LogP contribution in [-0.4, -0.2) is 32.2 Å². The first kappa shape index (κ1) is 22.9. The Hall–Kier alpha value is -4.31. The van der Waals surface area contributed by atoms with Crippen molar-refractivity contribution < 1.29 is 33.1 Å². The van der Waals surface area contributed by atoms with Gasteiger partial charge in [0.25, 0.3) is 5.69 Å². The molecule has 3 aromatic carbocycles. The number of nitro benzene ring substituents is 1. The van der Waals surface area contributed by atoms with E-state index in [0.717, 1.165) is 6.07 Å². The molecule has 0 saturated heterocycles. The summed E-state index contributed by atoms with van der Waals surface area (Å²) in [5.41, 5.74) is -1.37. The summed E-state index contributed by atoms with van der Waals surface area (Å²) in [6, 6.07) is 9.41. The standard InChI is InChI=1S/C23H16ClNO9/c1-30-18-10-15-19(21(32-3)20(18)31-2)14-7-5-12(9-17(14)34-23(15)27)33-22(26)13-6-4-11(24)8-16(13)25(28)29/h4-10H,1-3H3. The minimum Gasteiger partial charge on any atom is -0.493 e. The summed E-state index contributed by atoms with van der Waals surface area (Å²) in [5.74, 6) is -0.140. The van der Waals surface area contributed by atoms with E-state index in [4.69, 9.17) is 35.0 Å². The number of ether oxygens (including phenoxy) is 4. The third-order valence-corrected chi connectivity index (χ3v) is 5.30. The maximum absolute atomic E-state index is 12.7. The summed E-state index contributed by atoms with van der Waals surface area (Å²) in [5, 5.41) is 12.5. The van der Waals surface area contributed by atoms with Crippen molar-refractivity contribution >= 4 is 45.0 Å². The van der Waals surface area contributed by atoms with Crippen LogP contribution in [0.4, 0.5) is 5.69 Å². The van der Waals surface area contributed by atoms with Gasteiger partial charge in [-0.1, -0.05) is 11.6 Å². The number of rotatable bonds is 6. The summed E-state index contributed by atoms with van der Waals surface area (Å²) in [7, 11) is 4.29. The predicted octanol–water partition coefficient (Wildman–Crippen LogP) is 4.75. The van der Waals surface area contributed by atoms with Gasteiger partial charge >= 0.3 is 11.6 Å². The molecule has 0 aliphatic carbocycles. The molecule has 0 bridgehead atoms. The van der Waals surface area contributed by atoms with Crippen LogP contribution in [0.25, 0.3) is 21.7 Å². The van der Waals surface area contributed by atoms with Crippen LogP contribution < -0.4 is 24.6 Å². The molecule has 10 nitrogen and oxygen atoms in total. The van der Waals surface area contributed by atoms with E-state index in [1.807, 2.05) is 0 Å². The van der Waals surface area contributed by atoms with E-state index in [1.54, 1.807) is 6.07 Å². The van der Waals surface area contributed by atoms with Crippen LogP contribution in [0.5, 0.6) is 23.0 Å². The van der Waals surface area contributed by atoms with E-state index >= 15 is 0 Å². The molecule has 0 N–H and O–H groups in total. The summed E-state index contributed by atoms with van der Waals surface area (Å²) < 4.78 is 26.9. The average Bonchev–Trinajstić information content (AvgIpc) is 2.82. The van der Waals surface area contributed by atoms with Crippen molar-refractivity contribution in [1.29, 1.82) is 0 Å². The second-order valence-corrected chi connectivity index (χ2v) is 7.36. The fourth-order valence-corrected chi connectivity index (χ4v) is 3.75. The lowest BCUT2D eigenvalue weighted by Gasteiger charge is -2.15. The molecule has 0 unspecified atom stereocenters. The van der Waals surface area contributed by atoms with Crippen LogP contribution in [0, 0.1) is 10.1 Å². The minimum atomic E-state index is -0.977. The highest BCUT2D eigenvalue weighted by Gasteiger charge is 2.24. The molecule has 11 heteroatoms. The van der Waals surface area contributed by atoms with E-state index in [2.05, 4.69) is 0 Å². The van der Waals surface area contributed by atoms with Gasteiger partial charge in [-0.25, -0.2) is 9.59 Å². The average molecular weight is 486 g/mol. The van der Waals surface area contributed by atoms with Gasteiger partial charge in [0, 0.05) is 27.9 Å². The number of carbonyl (C=O) groups excluding carboxylic acids is 1. The fourth-order valence-electron chi connectivity index (χ4n) is 3.59. The van der Waals surface area contributed by atoms with E-state index < -0.39 is 22.2 Å². The highest BCUT2D eigenvalue weighted by atomic mass is 35.5. The normalized spacial score (nSPS) is 10.8. The lowest BCUT2D eigenvalue weighted by Crippen LogP contribution is -2.11. The van der Waals surface area contributed by atoms with Crippen LogP contribution in [0.15, 0.2) is 51.7 Å². The van der Waals surface area contributed by atoms with Gasteiger partial charge < -0.3 is 23.4 Å². The molecule has 1 aromatic heterocycles. The molecule has 174 valence electrons. The molecule has 0 atom stereocenters. The number of hydrogen-bond acceptors (Lipinski definition) is 9. The lowest BCUT2D eigenvalue weighted by molar-refractivity contribution is -0.385. The second-order valence-electron chi connectivity index (χ2n) is 6.92. The number of methoxy groups -OCH3 is 3. The molecule has 0 fully saturated rings. The Labute approximate surface area is 196 Å². The number of esters is 1. The Morgan fingerprint density at radius 2 is 1.71 bits per heavy atom. The summed E-state index contributed by atoms with van der Waals surface area (Å²) in [4.78, 5) is 35.9. The van der Waals surface area contributed by atoms with Gasteiger partial charge in [0.05, 0.1) is 31.6 Å². The number of halogens is 1. The number of carbonyl (C=O) groups is 1. The molecule has 0 radical (unpaired) electrons. The SMILES string of the molecule is COc1cc2c(=O)oc3cc(OC(=O)c4ccc(Cl)cc4[N+](=O)[O-])ccc3c2c(OC)c1OC. The van der Waals surface area contributed by atoms with Gasteiger partial charge in [-0.05, 0) is 30.3 Å². The monoisotopic (exact) mass is 485 g/mol. The van der Waals surface area contributed by atoms with Gasteiger partial charge in [0.1, 0.15) is 16.9 Å². The molecule has 0 aliphatic heterocycles. The van der Waals surface area contributed by atoms with Crippen LogP contribution in [-0.2, 0) is 0 Å². The van der Waals surface area contributed by atoms with Gasteiger partial charge in [-0.3, -0.25) is 10.1 Å². The van der Waals surface area contributed by atoms with Gasteiger partial charge in [0.15, 0.2) is 11.5 Å². The van der Waals surface area contributed by atoms with Crippen molar-refractivity contribution in [3.8, 4) is 23.0 Å². The van der Waals surface area contributed by atoms with Crippen molar-refractivity contribution in [3.05, 3.63) is 73.6 Å². The first-order chi connectivity index (χ1) is 16.3. The van der Waals surface area contributed by atoms with E-state index in [0.29, 0.717) is 10.8 Å². The van der Waals surface area contributed by atoms with Gasteiger partial charge in [0.2, 0.25) is 5.75 Å². The number of nitrogens with zero attached hydrogens (tertiary/aromatic N) is 1. The number of benzene rings is 3. The molecule has 0 saturated carbocycles. The van der Waals surface area contributed by atoms with Crippen LogP contribution in [0.1, 0.15) is 10.4 Å². The quantitative estimate of drug-likeness (QED) is 0.0948. The molecular formula is C23H16ClNO9. The molecule has 0 amide bonds. The fraction of sp³-hybridized carbons (Fsp3) is 0.130. The van der Waals surface area contributed by atoms with E-state index in [9.17, 15) is 19.7 Å². The third kappa shape index (κ3) is 3.84. The zero-order valence-electron chi connectivity index (χ0n) is 18.0. The van der Waals surface area contributed by atoms with Crippen molar-refractivity contribution in [1.82, 2.24) is 0 Å². The maximum atomic E-state index is 12.7. The molecule has 34 heavy (non-hydrogen) atoms. The molecule has 4 aromatic rings. The van der Waals surface area contributed by atoms with Crippen LogP contribution >= 0.6 is 11.6 Å². The number of fused-ring (bicyclic) bond motifs is 3. The van der Waals surface area contributed by atoms with Crippen LogP contribution in [0.3, 0.4) is 0 Å².